The van der Waals surface area contributed by atoms with Gasteiger partial charge in [0, 0.05) is 18.4 Å². The van der Waals surface area contributed by atoms with Gasteiger partial charge in [0.05, 0.1) is 11.5 Å². The molecule has 6 nitrogen and oxygen atoms in total. The summed E-state index contributed by atoms with van der Waals surface area (Å²) in [6, 6.07) is 0.0134. The number of rotatable bonds is 2. The number of nitrogens with zero attached hydrogens (tertiary/aromatic N) is 1. The van der Waals surface area contributed by atoms with Crippen LogP contribution in [0.15, 0.2) is 17.2 Å². The van der Waals surface area contributed by atoms with E-state index in [2.05, 4.69) is 15.3 Å². The molecule has 2 heterocycles. The van der Waals surface area contributed by atoms with Crippen molar-refractivity contribution >= 4 is 15.7 Å². The van der Waals surface area contributed by atoms with E-state index in [1.165, 1.54) is 12.4 Å². The van der Waals surface area contributed by atoms with Crippen molar-refractivity contribution in [1.29, 1.82) is 0 Å². The van der Waals surface area contributed by atoms with E-state index in [1.807, 2.05) is 0 Å². The largest absolute Gasteiger partial charge is 0.363 e. The average Bonchev–Trinajstić information content (AvgIpc) is 2.24. The normalized spacial score (nSPS) is 20.5. The number of hydrogen-bond donors (Lipinski definition) is 2. The Bertz CT molecular complexity index is 509. The minimum Gasteiger partial charge on any atom is -0.363 e. The molecule has 1 aromatic rings. The van der Waals surface area contributed by atoms with Gasteiger partial charge in [-0.15, -0.1) is 0 Å². The molecule has 0 bridgehead atoms. The minimum atomic E-state index is -2.86. The number of sulfone groups is 1. The molecule has 0 atom stereocenters. The van der Waals surface area contributed by atoms with Crippen molar-refractivity contribution in [2.75, 3.05) is 16.8 Å². The Morgan fingerprint density at radius 2 is 2.06 bits per heavy atom. The van der Waals surface area contributed by atoms with Crippen LogP contribution in [-0.4, -0.2) is 35.9 Å². The fourth-order valence-electron chi connectivity index (χ4n) is 1.68. The Kier molecular flexibility index (Phi) is 2.95. The second-order valence-electron chi connectivity index (χ2n) is 3.84. The molecule has 0 amide bonds. The van der Waals surface area contributed by atoms with Crippen LogP contribution < -0.4 is 10.9 Å². The van der Waals surface area contributed by atoms with Gasteiger partial charge >= 0.3 is 0 Å². The summed E-state index contributed by atoms with van der Waals surface area (Å²) in [5.74, 6) is 0.608. The van der Waals surface area contributed by atoms with Crippen LogP contribution in [0, 0.1) is 0 Å². The Morgan fingerprint density at radius 1 is 1.38 bits per heavy atom. The molecule has 88 valence electrons. The molecule has 0 saturated carbocycles. The van der Waals surface area contributed by atoms with Crippen LogP contribution in [-0.2, 0) is 9.84 Å². The maximum atomic E-state index is 11.3. The summed E-state index contributed by atoms with van der Waals surface area (Å²) in [4.78, 5) is 17.7. The van der Waals surface area contributed by atoms with Crippen molar-refractivity contribution in [2.45, 2.75) is 18.9 Å². The Balaban J connectivity index is 2.03. The van der Waals surface area contributed by atoms with Crippen molar-refractivity contribution in [3.05, 3.63) is 22.7 Å². The molecule has 16 heavy (non-hydrogen) atoms. The second kappa shape index (κ2) is 4.25. The number of H-pyrrole nitrogens is 1. The zero-order valence-electron chi connectivity index (χ0n) is 8.64. The summed E-state index contributed by atoms with van der Waals surface area (Å²) in [6.45, 7) is 0. The lowest BCUT2D eigenvalue weighted by atomic mass is 10.1. The van der Waals surface area contributed by atoms with E-state index in [1.54, 1.807) is 0 Å². The summed E-state index contributed by atoms with van der Waals surface area (Å²) in [5.41, 5.74) is -0.282. The molecule has 7 heteroatoms. The lowest BCUT2D eigenvalue weighted by Crippen LogP contribution is -2.34. The van der Waals surface area contributed by atoms with Crippen molar-refractivity contribution < 1.29 is 8.42 Å². The van der Waals surface area contributed by atoms with Crippen LogP contribution in [0.5, 0.6) is 0 Å². The van der Waals surface area contributed by atoms with Crippen molar-refractivity contribution in [2.24, 2.45) is 0 Å². The highest BCUT2D eigenvalue weighted by atomic mass is 32.2. The smallest absolute Gasteiger partial charge is 0.290 e. The van der Waals surface area contributed by atoms with Gasteiger partial charge in [-0.05, 0) is 12.8 Å². The number of aromatic amines is 1. The molecule has 0 radical (unpaired) electrons. The second-order valence-corrected chi connectivity index (χ2v) is 6.14. The Hall–Kier alpha value is -1.37. The zero-order valence-corrected chi connectivity index (χ0v) is 9.46. The average molecular weight is 243 g/mol. The molecule has 2 rings (SSSR count). The molecule has 1 aliphatic heterocycles. The molecule has 1 aromatic heterocycles. The summed E-state index contributed by atoms with van der Waals surface area (Å²) in [5, 5.41) is 2.97. The standard InChI is InChI=1S/C9H13N3O3S/c13-9-8(10-3-4-11-9)12-7-1-5-16(14,15)6-2-7/h3-4,7H,1-2,5-6H2,(H,10,12)(H,11,13). The highest BCUT2D eigenvalue weighted by Crippen LogP contribution is 2.14. The van der Waals surface area contributed by atoms with Crippen molar-refractivity contribution in [3.63, 3.8) is 0 Å². The lowest BCUT2D eigenvalue weighted by molar-refractivity contribution is 0.558. The molecular formula is C9H13N3O3S. The number of aromatic nitrogens is 2. The summed E-state index contributed by atoms with van der Waals surface area (Å²) in [6.07, 6.45) is 4.00. The van der Waals surface area contributed by atoms with Gasteiger partial charge in [-0.2, -0.15) is 0 Å². The van der Waals surface area contributed by atoms with Crippen molar-refractivity contribution in [3.8, 4) is 0 Å². The van der Waals surface area contributed by atoms with Gasteiger partial charge in [0.25, 0.3) is 5.56 Å². The SMILES string of the molecule is O=c1[nH]ccnc1NC1CCS(=O)(=O)CC1. The van der Waals surface area contributed by atoms with Gasteiger partial charge in [0.15, 0.2) is 5.82 Å². The van der Waals surface area contributed by atoms with E-state index < -0.39 is 9.84 Å². The fraction of sp³-hybridized carbons (Fsp3) is 0.556. The first-order chi connectivity index (χ1) is 7.57. The molecule has 1 aliphatic rings. The van der Waals surface area contributed by atoms with Crippen molar-refractivity contribution in [1.82, 2.24) is 9.97 Å². The van der Waals surface area contributed by atoms with Gasteiger partial charge < -0.3 is 10.3 Å². The lowest BCUT2D eigenvalue weighted by Gasteiger charge is -2.22. The quantitative estimate of drug-likeness (QED) is 0.748. The Labute approximate surface area is 93.0 Å². The maximum Gasteiger partial charge on any atom is 0.290 e. The summed E-state index contributed by atoms with van der Waals surface area (Å²) >= 11 is 0. The molecule has 0 aromatic carbocycles. The molecule has 0 unspecified atom stereocenters. The third-order valence-electron chi connectivity index (χ3n) is 2.60. The van der Waals surface area contributed by atoms with Crippen LogP contribution >= 0.6 is 0 Å². The van der Waals surface area contributed by atoms with Gasteiger partial charge in [0.1, 0.15) is 9.84 Å². The van der Waals surface area contributed by atoms with E-state index >= 15 is 0 Å². The topological polar surface area (TPSA) is 91.9 Å². The van der Waals surface area contributed by atoms with E-state index in [4.69, 9.17) is 0 Å². The first kappa shape index (κ1) is 11.1. The van der Waals surface area contributed by atoms with Crippen LogP contribution in [0.4, 0.5) is 5.82 Å². The molecule has 2 N–H and O–H groups in total. The number of nitrogens with one attached hydrogen (secondary N) is 2. The molecule has 0 aliphatic carbocycles. The van der Waals surface area contributed by atoms with E-state index in [0.29, 0.717) is 12.8 Å². The van der Waals surface area contributed by atoms with Gasteiger partial charge in [0.2, 0.25) is 0 Å². The fourth-order valence-corrected chi connectivity index (χ4v) is 3.17. The molecule has 1 saturated heterocycles. The van der Waals surface area contributed by atoms with Gasteiger partial charge in [-0.25, -0.2) is 13.4 Å². The monoisotopic (exact) mass is 243 g/mol. The maximum absolute atomic E-state index is 11.3. The first-order valence-electron chi connectivity index (χ1n) is 5.07. The van der Waals surface area contributed by atoms with Crippen LogP contribution in [0.1, 0.15) is 12.8 Å². The van der Waals surface area contributed by atoms with Gasteiger partial charge in [-0.3, -0.25) is 4.79 Å². The minimum absolute atomic E-state index is 0.0134. The molecule has 1 fully saturated rings. The Morgan fingerprint density at radius 3 is 2.69 bits per heavy atom. The predicted molar refractivity (Wildman–Crippen MR) is 60.2 cm³/mol. The van der Waals surface area contributed by atoms with Crippen LogP contribution in [0.2, 0.25) is 0 Å². The van der Waals surface area contributed by atoms with Crippen LogP contribution in [0.3, 0.4) is 0 Å². The highest BCUT2D eigenvalue weighted by Gasteiger charge is 2.23. The van der Waals surface area contributed by atoms with E-state index in [0.717, 1.165) is 0 Å². The van der Waals surface area contributed by atoms with Gasteiger partial charge in [-0.1, -0.05) is 0 Å². The third-order valence-corrected chi connectivity index (χ3v) is 4.32. The summed E-state index contributed by atoms with van der Waals surface area (Å²) < 4.78 is 22.4. The summed E-state index contributed by atoms with van der Waals surface area (Å²) in [7, 11) is -2.86. The molecular weight excluding hydrogens is 230 g/mol. The van der Waals surface area contributed by atoms with Crippen LogP contribution in [0.25, 0.3) is 0 Å². The molecule has 0 spiro atoms. The highest BCUT2D eigenvalue weighted by molar-refractivity contribution is 7.91. The number of anilines is 1. The van der Waals surface area contributed by atoms with E-state index in [9.17, 15) is 13.2 Å². The van der Waals surface area contributed by atoms with E-state index in [-0.39, 0.29) is 28.9 Å². The first-order valence-corrected chi connectivity index (χ1v) is 6.90. The zero-order chi connectivity index (χ0) is 11.6. The number of hydrogen-bond acceptors (Lipinski definition) is 5. The third kappa shape index (κ3) is 2.60. The predicted octanol–water partition coefficient (Wildman–Crippen LogP) is -0.241.